The highest BCUT2D eigenvalue weighted by molar-refractivity contribution is 7.99. The number of hydrogen-bond acceptors (Lipinski definition) is 4. The van der Waals surface area contributed by atoms with Crippen molar-refractivity contribution in [2.45, 2.75) is 29.6 Å². The van der Waals surface area contributed by atoms with Crippen LogP contribution < -0.4 is 5.32 Å². The molecular weight excluding hydrogens is 298 g/mol. The number of alkyl halides is 2. The van der Waals surface area contributed by atoms with Gasteiger partial charge in [-0.15, -0.1) is 0 Å². The molecule has 0 unspecified atom stereocenters. The normalized spacial score (nSPS) is 17.1. The predicted octanol–water partition coefficient (Wildman–Crippen LogP) is 2.40. The van der Waals surface area contributed by atoms with Crippen LogP contribution in [0.2, 0.25) is 0 Å². The molecule has 0 spiro atoms. The SMILES string of the molecule is O=C(CN1CCC(O)CC1)Nc1ccccc1SC(F)F. The molecule has 0 aliphatic carbocycles. The number of carbonyl (C=O) groups excluding carboxylic acids is 1. The van der Waals surface area contributed by atoms with E-state index in [9.17, 15) is 18.7 Å². The van der Waals surface area contributed by atoms with Gasteiger partial charge in [-0.1, -0.05) is 23.9 Å². The number of halogens is 2. The van der Waals surface area contributed by atoms with Crippen molar-refractivity contribution in [3.05, 3.63) is 24.3 Å². The monoisotopic (exact) mass is 316 g/mol. The number of amides is 1. The van der Waals surface area contributed by atoms with E-state index >= 15 is 0 Å². The highest BCUT2D eigenvalue weighted by atomic mass is 32.2. The van der Waals surface area contributed by atoms with Crippen molar-refractivity contribution >= 4 is 23.4 Å². The Morgan fingerprint density at radius 3 is 2.71 bits per heavy atom. The number of carbonyl (C=O) groups is 1. The molecule has 4 nitrogen and oxygen atoms in total. The Morgan fingerprint density at radius 1 is 1.38 bits per heavy atom. The van der Waals surface area contributed by atoms with E-state index in [2.05, 4.69) is 5.32 Å². The number of piperidine rings is 1. The molecule has 0 atom stereocenters. The fourth-order valence-corrected chi connectivity index (χ4v) is 2.83. The summed E-state index contributed by atoms with van der Waals surface area (Å²) in [5.41, 5.74) is 0.407. The minimum absolute atomic E-state index is 0.209. The zero-order valence-corrected chi connectivity index (χ0v) is 12.3. The fourth-order valence-electron chi connectivity index (χ4n) is 2.24. The van der Waals surface area contributed by atoms with Gasteiger partial charge in [0, 0.05) is 18.0 Å². The molecule has 1 aliphatic rings. The molecule has 1 aliphatic heterocycles. The van der Waals surface area contributed by atoms with Gasteiger partial charge in [0.25, 0.3) is 5.76 Å². The van der Waals surface area contributed by atoms with Crippen LogP contribution >= 0.6 is 11.8 Å². The molecule has 116 valence electrons. The Labute approximate surface area is 126 Å². The third-order valence-corrected chi connectivity index (χ3v) is 4.09. The average molecular weight is 316 g/mol. The average Bonchev–Trinajstić information content (AvgIpc) is 2.43. The molecule has 1 fully saturated rings. The Bertz CT molecular complexity index is 480. The van der Waals surface area contributed by atoms with Crippen LogP contribution in [0.3, 0.4) is 0 Å². The molecular formula is C14H18F2N2O2S. The first-order chi connectivity index (χ1) is 10.0. The Hall–Kier alpha value is -1.18. The number of hydrogen-bond donors (Lipinski definition) is 2. The lowest BCUT2D eigenvalue weighted by Gasteiger charge is -2.28. The summed E-state index contributed by atoms with van der Waals surface area (Å²) in [7, 11) is 0. The molecule has 1 saturated heterocycles. The minimum Gasteiger partial charge on any atom is -0.393 e. The van der Waals surface area contributed by atoms with Gasteiger partial charge in [-0.25, -0.2) is 0 Å². The minimum atomic E-state index is -2.52. The Kier molecular flexibility index (Phi) is 5.96. The van der Waals surface area contributed by atoms with Crippen molar-refractivity contribution in [2.24, 2.45) is 0 Å². The van der Waals surface area contributed by atoms with Gasteiger partial charge in [0.1, 0.15) is 0 Å². The summed E-state index contributed by atoms with van der Waals surface area (Å²) in [6, 6.07) is 6.53. The third-order valence-electron chi connectivity index (χ3n) is 3.30. The number of para-hydroxylation sites is 1. The van der Waals surface area contributed by atoms with Crippen molar-refractivity contribution < 1.29 is 18.7 Å². The number of anilines is 1. The maximum absolute atomic E-state index is 12.5. The van der Waals surface area contributed by atoms with Gasteiger partial charge >= 0.3 is 0 Å². The maximum atomic E-state index is 12.5. The third kappa shape index (κ3) is 5.26. The molecule has 1 aromatic rings. The molecule has 0 radical (unpaired) electrons. The van der Waals surface area contributed by atoms with Crippen molar-refractivity contribution in [3.8, 4) is 0 Å². The standard InChI is InChI=1S/C14H18F2N2O2S/c15-14(16)21-12-4-2-1-3-11(12)17-13(20)9-18-7-5-10(19)6-8-18/h1-4,10,14,19H,5-9H2,(H,17,20). The molecule has 21 heavy (non-hydrogen) atoms. The van der Waals surface area contributed by atoms with Crippen LogP contribution in [0.4, 0.5) is 14.5 Å². The van der Waals surface area contributed by atoms with Crippen molar-refractivity contribution in [1.82, 2.24) is 4.90 Å². The zero-order chi connectivity index (χ0) is 15.2. The van der Waals surface area contributed by atoms with Crippen LogP contribution in [-0.2, 0) is 4.79 Å². The lowest BCUT2D eigenvalue weighted by atomic mass is 10.1. The number of likely N-dealkylation sites (tertiary alicyclic amines) is 1. The summed E-state index contributed by atoms with van der Waals surface area (Å²) in [5.74, 6) is -2.75. The van der Waals surface area contributed by atoms with Crippen LogP contribution in [0.1, 0.15) is 12.8 Å². The molecule has 1 amide bonds. The summed E-state index contributed by atoms with van der Waals surface area (Å²) in [5, 5.41) is 12.1. The number of aliphatic hydroxyl groups excluding tert-OH is 1. The van der Waals surface area contributed by atoms with Gasteiger partial charge in [-0.2, -0.15) is 8.78 Å². The molecule has 7 heteroatoms. The van der Waals surface area contributed by atoms with Crippen LogP contribution in [-0.4, -0.2) is 47.4 Å². The Morgan fingerprint density at radius 2 is 2.05 bits per heavy atom. The number of thioether (sulfide) groups is 1. The fraction of sp³-hybridized carbons (Fsp3) is 0.500. The lowest BCUT2D eigenvalue weighted by molar-refractivity contribution is -0.117. The topological polar surface area (TPSA) is 52.6 Å². The second-order valence-electron chi connectivity index (χ2n) is 4.93. The van der Waals surface area contributed by atoms with E-state index in [-0.39, 0.29) is 18.6 Å². The van der Waals surface area contributed by atoms with E-state index in [4.69, 9.17) is 0 Å². The second-order valence-corrected chi connectivity index (χ2v) is 5.96. The van der Waals surface area contributed by atoms with Crippen LogP contribution in [0, 0.1) is 0 Å². The van der Waals surface area contributed by atoms with E-state index in [0.717, 1.165) is 0 Å². The van der Waals surface area contributed by atoms with Crippen LogP contribution in [0.25, 0.3) is 0 Å². The predicted molar refractivity (Wildman–Crippen MR) is 78.6 cm³/mol. The van der Waals surface area contributed by atoms with E-state index < -0.39 is 5.76 Å². The highest BCUT2D eigenvalue weighted by Gasteiger charge is 2.19. The zero-order valence-electron chi connectivity index (χ0n) is 11.5. The Balaban J connectivity index is 1.90. The van der Waals surface area contributed by atoms with E-state index in [1.165, 1.54) is 0 Å². The van der Waals surface area contributed by atoms with Crippen LogP contribution in [0.15, 0.2) is 29.2 Å². The lowest BCUT2D eigenvalue weighted by Crippen LogP contribution is -2.40. The molecule has 2 N–H and O–H groups in total. The molecule has 1 heterocycles. The molecule has 0 saturated carbocycles. The number of aliphatic hydroxyl groups is 1. The van der Waals surface area contributed by atoms with E-state index in [1.54, 1.807) is 24.3 Å². The highest BCUT2D eigenvalue weighted by Crippen LogP contribution is 2.31. The van der Waals surface area contributed by atoms with E-state index in [0.29, 0.717) is 48.3 Å². The summed E-state index contributed by atoms with van der Waals surface area (Å²) in [6.07, 6.45) is 1.03. The quantitative estimate of drug-likeness (QED) is 0.819. The summed E-state index contributed by atoms with van der Waals surface area (Å²) in [6.45, 7) is 1.55. The first kappa shape index (κ1) is 16.2. The second kappa shape index (κ2) is 7.72. The largest absolute Gasteiger partial charge is 0.393 e. The first-order valence-corrected chi connectivity index (χ1v) is 7.66. The molecule has 0 bridgehead atoms. The first-order valence-electron chi connectivity index (χ1n) is 6.78. The van der Waals surface area contributed by atoms with Gasteiger partial charge in [0.15, 0.2) is 0 Å². The van der Waals surface area contributed by atoms with Crippen LogP contribution in [0.5, 0.6) is 0 Å². The summed E-state index contributed by atoms with van der Waals surface area (Å²) < 4.78 is 24.9. The van der Waals surface area contributed by atoms with Gasteiger partial charge in [-0.3, -0.25) is 9.69 Å². The number of rotatable bonds is 5. The maximum Gasteiger partial charge on any atom is 0.288 e. The summed E-state index contributed by atoms with van der Waals surface area (Å²) >= 11 is 0.419. The van der Waals surface area contributed by atoms with Crippen molar-refractivity contribution in [1.29, 1.82) is 0 Å². The smallest absolute Gasteiger partial charge is 0.288 e. The number of nitrogens with one attached hydrogen (secondary N) is 1. The molecule has 0 aromatic heterocycles. The summed E-state index contributed by atoms with van der Waals surface area (Å²) in [4.78, 5) is 14.3. The van der Waals surface area contributed by atoms with Gasteiger partial charge in [0.05, 0.1) is 18.3 Å². The van der Waals surface area contributed by atoms with Gasteiger partial charge in [0.2, 0.25) is 5.91 Å². The number of nitrogens with zero attached hydrogens (tertiary/aromatic N) is 1. The van der Waals surface area contributed by atoms with Gasteiger partial charge < -0.3 is 10.4 Å². The molecule has 1 aromatic carbocycles. The number of benzene rings is 1. The van der Waals surface area contributed by atoms with Crippen molar-refractivity contribution in [3.63, 3.8) is 0 Å². The van der Waals surface area contributed by atoms with Gasteiger partial charge in [-0.05, 0) is 25.0 Å². The molecule has 2 rings (SSSR count). The van der Waals surface area contributed by atoms with E-state index in [1.807, 2.05) is 4.90 Å². The van der Waals surface area contributed by atoms with Crippen molar-refractivity contribution in [2.75, 3.05) is 25.0 Å².